The molecule has 0 saturated heterocycles. The SMILES string of the molecule is CCS(=O)(=O)C=Cc1c(CO)n(S(=O)(=O)c2ccccc2)c2cc(Cl)ccc12. The summed E-state index contributed by atoms with van der Waals surface area (Å²) < 4.78 is 51.4. The lowest BCUT2D eigenvalue weighted by molar-refractivity contribution is 0.276. The predicted molar refractivity (Wildman–Crippen MR) is 110 cm³/mol. The summed E-state index contributed by atoms with van der Waals surface area (Å²) in [7, 11) is -7.49. The van der Waals surface area contributed by atoms with Crippen molar-refractivity contribution in [1.29, 1.82) is 0 Å². The minimum Gasteiger partial charge on any atom is -0.390 e. The van der Waals surface area contributed by atoms with Crippen LogP contribution in [0, 0.1) is 0 Å². The van der Waals surface area contributed by atoms with Crippen LogP contribution >= 0.6 is 11.6 Å². The highest BCUT2D eigenvalue weighted by molar-refractivity contribution is 7.94. The summed E-state index contributed by atoms with van der Waals surface area (Å²) in [5.74, 6) is -0.0925. The number of hydrogen-bond acceptors (Lipinski definition) is 5. The van der Waals surface area contributed by atoms with Gasteiger partial charge in [-0.15, -0.1) is 0 Å². The van der Waals surface area contributed by atoms with Crippen LogP contribution in [0.3, 0.4) is 0 Å². The molecule has 0 aliphatic carbocycles. The van der Waals surface area contributed by atoms with Gasteiger partial charge in [0, 0.05) is 21.4 Å². The summed E-state index contributed by atoms with van der Waals surface area (Å²) in [6.45, 7) is 0.903. The highest BCUT2D eigenvalue weighted by atomic mass is 35.5. The van der Waals surface area contributed by atoms with Crippen LogP contribution in [0.4, 0.5) is 0 Å². The minimum absolute atomic E-state index is 0.0401. The Morgan fingerprint density at radius 1 is 1.07 bits per heavy atom. The van der Waals surface area contributed by atoms with Crippen LogP contribution in [-0.2, 0) is 26.5 Å². The summed E-state index contributed by atoms with van der Waals surface area (Å²) in [4.78, 5) is 0.0401. The molecule has 148 valence electrons. The van der Waals surface area contributed by atoms with Crippen LogP contribution in [0.5, 0.6) is 0 Å². The Kier molecular flexibility index (Phi) is 5.67. The van der Waals surface area contributed by atoms with Crippen molar-refractivity contribution in [3.63, 3.8) is 0 Å². The highest BCUT2D eigenvalue weighted by Crippen LogP contribution is 2.33. The van der Waals surface area contributed by atoms with E-state index >= 15 is 0 Å². The van der Waals surface area contributed by atoms with E-state index in [9.17, 15) is 21.9 Å². The second-order valence-electron chi connectivity index (χ2n) is 6.02. The fraction of sp³-hybridized carbons (Fsp3) is 0.158. The van der Waals surface area contributed by atoms with Gasteiger partial charge in [0.1, 0.15) is 0 Å². The van der Waals surface area contributed by atoms with Crippen molar-refractivity contribution >= 4 is 48.4 Å². The summed E-state index contributed by atoms with van der Waals surface area (Å²) in [5.41, 5.74) is 0.628. The maximum absolute atomic E-state index is 13.3. The average Bonchev–Trinajstić information content (AvgIpc) is 3.00. The van der Waals surface area contributed by atoms with E-state index in [1.807, 2.05) is 0 Å². The summed E-state index contributed by atoms with van der Waals surface area (Å²) >= 11 is 6.08. The first-order chi connectivity index (χ1) is 13.2. The maximum Gasteiger partial charge on any atom is 0.268 e. The zero-order valence-electron chi connectivity index (χ0n) is 14.9. The van der Waals surface area contributed by atoms with Crippen LogP contribution in [0.1, 0.15) is 18.2 Å². The number of nitrogens with zero attached hydrogens (tertiary/aromatic N) is 1. The number of sulfone groups is 1. The standard InChI is InChI=1S/C19H18ClNO5S2/c1-2-27(23,24)11-10-17-16-9-8-14(20)12-18(16)21(19(17)13-22)28(25,26)15-6-4-3-5-7-15/h3-12,22H,2,13H2,1H3. The summed E-state index contributed by atoms with van der Waals surface area (Å²) in [6.07, 6.45) is 1.32. The molecule has 28 heavy (non-hydrogen) atoms. The number of halogens is 1. The highest BCUT2D eigenvalue weighted by Gasteiger charge is 2.26. The molecule has 0 atom stereocenters. The van der Waals surface area contributed by atoms with E-state index in [0.717, 1.165) is 9.38 Å². The number of hydrogen-bond donors (Lipinski definition) is 1. The predicted octanol–water partition coefficient (Wildman–Crippen LogP) is 3.43. The quantitative estimate of drug-likeness (QED) is 0.635. The molecule has 6 nitrogen and oxygen atoms in total. The van der Waals surface area contributed by atoms with Crippen LogP contribution in [0.2, 0.25) is 5.02 Å². The van der Waals surface area contributed by atoms with Gasteiger partial charge in [0.25, 0.3) is 10.0 Å². The molecule has 9 heteroatoms. The largest absolute Gasteiger partial charge is 0.390 e. The molecule has 0 aliphatic heterocycles. The van der Waals surface area contributed by atoms with Crippen LogP contribution in [0.25, 0.3) is 17.0 Å². The number of aromatic nitrogens is 1. The molecule has 0 amide bonds. The lowest BCUT2D eigenvalue weighted by atomic mass is 10.1. The zero-order chi connectivity index (χ0) is 20.5. The van der Waals surface area contributed by atoms with Gasteiger partial charge in [0.05, 0.1) is 28.5 Å². The monoisotopic (exact) mass is 439 g/mol. The Morgan fingerprint density at radius 2 is 1.75 bits per heavy atom. The molecule has 3 rings (SSSR count). The lowest BCUT2D eigenvalue weighted by Gasteiger charge is -2.11. The number of benzene rings is 2. The van der Waals surface area contributed by atoms with Crippen LogP contribution < -0.4 is 0 Å². The first-order valence-corrected chi connectivity index (χ1v) is 11.9. The number of aliphatic hydroxyl groups is 1. The molecule has 1 aromatic heterocycles. The Morgan fingerprint density at radius 3 is 2.36 bits per heavy atom. The fourth-order valence-electron chi connectivity index (χ4n) is 2.89. The summed E-state index contributed by atoms with van der Waals surface area (Å²) in [6, 6.07) is 12.4. The molecule has 2 aromatic carbocycles. The second-order valence-corrected chi connectivity index (χ2v) is 10.4. The number of fused-ring (bicyclic) bond motifs is 1. The van der Waals surface area contributed by atoms with Gasteiger partial charge < -0.3 is 5.11 Å². The van der Waals surface area contributed by atoms with Crippen molar-refractivity contribution < 1.29 is 21.9 Å². The number of aliphatic hydroxyl groups excluding tert-OH is 1. The first kappa shape index (κ1) is 20.6. The van der Waals surface area contributed by atoms with Gasteiger partial charge in [-0.1, -0.05) is 42.8 Å². The summed E-state index contributed by atoms with van der Waals surface area (Å²) in [5, 5.41) is 11.8. The van der Waals surface area contributed by atoms with E-state index in [0.29, 0.717) is 16.0 Å². The smallest absolute Gasteiger partial charge is 0.268 e. The van der Waals surface area contributed by atoms with Gasteiger partial charge in [-0.2, -0.15) is 0 Å². The van der Waals surface area contributed by atoms with E-state index in [2.05, 4.69) is 0 Å². The first-order valence-electron chi connectivity index (χ1n) is 8.36. The Bertz CT molecular complexity index is 1260. The third-order valence-electron chi connectivity index (χ3n) is 4.30. The minimum atomic E-state index is -4.05. The zero-order valence-corrected chi connectivity index (χ0v) is 17.3. The molecule has 0 spiro atoms. The maximum atomic E-state index is 13.3. The molecule has 0 radical (unpaired) electrons. The van der Waals surface area contributed by atoms with Crippen molar-refractivity contribution in [2.75, 3.05) is 5.75 Å². The van der Waals surface area contributed by atoms with Crippen molar-refractivity contribution in [2.24, 2.45) is 0 Å². The number of rotatable bonds is 6. The van der Waals surface area contributed by atoms with Crippen LogP contribution in [0.15, 0.2) is 58.8 Å². The van der Waals surface area contributed by atoms with Gasteiger partial charge in [-0.3, -0.25) is 0 Å². The normalized spacial score (nSPS) is 12.8. The molecular weight excluding hydrogens is 422 g/mol. The van der Waals surface area contributed by atoms with E-state index < -0.39 is 26.5 Å². The molecule has 0 unspecified atom stereocenters. The molecule has 0 fully saturated rings. The van der Waals surface area contributed by atoms with Gasteiger partial charge >= 0.3 is 0 Å². The molecule has 0 aliphatic rings. The van der Waals surface area contributed by atoms with Gasteiger partial charge in [-0.25, -0.2) is 20.8 Å². The third-order valence-corrected chi connectivity index (χ3v) is 7.66. The van der Waals surface area contributed by atoms with Crippen LogP contribution in [-0.4, -0.2) is 31.7 Å². The third kappa shape index (κ3) is 3.73. The van der Waals surface area contributed by atoms with Crippen molar-refractivity contribution in [1.82, 2.24) is 3.97 Å². The molecular formula is C19H18ClNO5S2. The van der Waals surface area contributed by atoms with E-state index in [4.69, 9.17) is 11.6 Å². The van der Waals surface area contributed by atoms with Gasteiger partial charge in [0.15, 0.2) is 9.84 Å². The van der Waals surface area contributed by atoms with E-state index in [1.54, 1.807) is 30.3 Å². The molecule has 1 heterocycles. The van der Waals surface area contributed by atoms with Gasteiger partial charge in [0.2, 0.25) is 0 Å². The molecule has 0 bridgehead atoms. The van der Waals surface area contributed by atoms with Crippen molar-refractivity contribution in [3.05, 3.63) is 70.2 Å². The lowest BCUT2D eigenvalue weighted by Crippen LogP contribution is -2.16. The average molecular weight is 440 g/mol. The van der Waals surface area contributed by atoms with Crippen molar-refractivity contribution in [3.8, 4) is 0 Å². The Hall–Kier alpha value is -2.13. The topological polar surface area (TPSA) is 93.4 Å². The second kappa shape index (κ2) is 7.71. The molecule has 0 saturated carbocycles. The Balaban J connectivity index is 2.39. The molecule has 3 aromatic rings. The molecule has 1 N–H and O–H groups in total. The van der Waals surface area contributed by atoms with E-state index in [1.165, 1.54) is 31.2 Å². The van der Waals surface area contributed by atoms with Gasteiger partial charge in [-0.05, 0) is 30.3 Å². The fourth-order valence-corrected chi connectivity index (χ4v) is 5.16. The van der Waals surface area contributed by atoms with E-state index in [-0.39, 0.29) is 21.9 Å². The van der Waals surface area contributed by atoms with Crippen molar-refractivity contribution in [2.45, 2.75) is 18.4 Å². The Labute approximate surface area is 168 Å².